The Morgan fingerprint density at radius 1 is 1.38 bits per heavy atom. The van der Waals surface area contributed by atoms with Crippen molar-refractivity contribution in [2.24, 2.45) is 12.8 Å². The van der Waals surface area contributed by atoms with Gasteiger partial charge in [-0.25, -0.2) is 0 Å². The Kier molecular flexibility index (Phi) is 3.31. The summed E-state index contributed by atoms with van der Waals surface area (Å²) in [7, 11) is 1.92. The van der Waals surface area contributed by atoms with E-state index in [4.69, 9.17) is 5.73 Å². The highest BCUT2D eigenvalue weighted by atomic mass is 32.2. The van der Waals surface area contributed by atoms with Gasteiger partial charge in [0.05, 0.1) is 11.1 Å². The minimum Gasteiger partial charge on any atom is -0.326 e. The van der Waals surface area contributed by atoms with Crippen LogP contribution in [0.15, 0.2) is 40.4 Å². The predicted octanol–water partition coefficient (Wildman–Crippen LogP) is 2.34. The van der Waals surface area contributed by atoms with Crippen LogP contribution in [0.1, 0.15) is 11.1 Å². The maximum absolute atomic E-state index is 5.64. The second-order valence-corrected chi connectivity index (χ2v) is 4.89. The Labute approximate surface area is 99.7 Å². The van der Waals surface area contributed by atoms with Crippen LogP contribution < -0.4 is 5.73 Å². The van der Waals surface area contributed by atoms with Crippen LogP contribution in [-0.2, 0) is 13.6 Å². The Bertz CT molecular complexity index is 491. The summed E-state index contributed by atoms with van der Waals surface area (Å²) < 4.78 is 1.81. The van der Waals surface area contributed by atoms with Crippen LogP contribution in [-0.4, -0.2) is 9.78 Å². The van der Waals surface area contributed by atoms with E-state index in [-0.39, 0.29) is 0 Å². The highest BCUT2D eigenvalue weighted by molar-refractivity contribution is 7.99. The summed E-state index contributed by atoms with van der Waals surface area (Å²) in [6, 6.07) is 6.36. The summed E-state index contributed by atoms with van der Waals surface area (Å²) in [5, 5.41) is 4.14. The number of rotatable bonds is 3. The van der Waals surface area contributed by atoms with Crippen molar-refractivity contribution < 1.29 is 0 Å². The third-order valence-electron chi connectivity index (χ3n) is 2.45. The van der Waals surface area contributed by atoms with Gasteiger partial charge in [-0.2, -0.15) is 5.10 Å². The Morgan fingerprint density at radius 3 is 2.75 bits per heavy atom. The zero-order valence-corrected chi connectivity index (χ0v) is 10.3. The monoisotopic (exact) mass is 233 g/mol. The minimum atomic E-state index is 0.601. The highest BCUT2D eigenvalue weighted by Crippen LogP contribution is 2.28. The lowest BCUT2D eigenvalue weighted by molar-refractivity contribution is 0.766. The van der Waals surface area contributed by atoms with Gasteiger partial charge in [0.15, 0.2) is 0 Å². The maximum Gasteiger partial charge on any atom is 0.0629 e. The summed E-state index contributed by atoms with van der Waals surface area (Å²) in [5.74, 6) is 0. The van der Waals surface area contributed by atoms with E-state index in [0.717, 1.165) is 4.90 Å². The van der Waals surface area contributed by atoms with Crippen LogP contribution in [0, 0.1) is 6.92 Å². The Morgan fingerprint density at radius 2 is 2.19 bits per heavy atom. The normalized spacial score (nSPS) is 10.7. The van der Waals surface area contributed by atoms with Crippen molar-refractivity contribution in [2.45, 2.75) is 23.3 Å². The zero-order chi connectivity index (χ0) is 11.5. The molecule has 4 heteroatoms. The lowest BCUT2D eigenvalue weighted by Crippen LogP contribution is -1.98. The van der Waals surface area contributed by atoms with Gasteiger partial charge in [0.1, 0.15) is 0 Å². The molecular weight excluding hydrogens is 218 g/mol. The first kappa shape index (κ1) is 11.2. The topological polar surface area (TPSA) is 43.8 Å². The van der Waals surface area contributed by atoms with E-state index in [9.17, 15) is 0 Å². The Hall–Kier alpha value is -1.26. The van der Waals surface area contributed by atoms with Gasteiger partial charge in [-0.05, 0) is 30.2 Å². The molecule has 84 valence electrons. The van der Waals surface area contributed by atoms with Gasteiger partial charge in [0.25, 0.3) is 0 Å². The predicted molar refractivity (Wildman–Crippen MR) is 66.4 cm³/mol. The fourth-order valence-electron chi connectivity index (χ4n) is 1.55. The van der Waals surface area contributed by atoms with Crippen molar-refractivity contribution in [1.29, 1.82) is 0 Å². The van der Waals surface area contributed by atoms with Crippen LogP contribution in [0.25, 0.3) is 0 Å². The summed E-state index contributed by atoms with van der Waals surface area (Å²) in [6.45, 7) is 2.69. The van der Waals surface area contributed by atoms with Crippen LogP contribution in [0.4, 0.5) is 0 Å². The number of benzene rings is 1. The summed E-state index contributed by atoms with van der Waals surface area (Å²) in [5.41, 5.74) is 8.09. The molecular formula is C12H15N3S. The number of hydrogen-bond donors (Lipinski definition) is 1. The molecule has 0 aliphatic rings. The van der Waals surface area contributed by atoms with Crippen molar-refractivity contribution in [3.63, 3.8) is 0 Å². The standard InChI is InChI=1S/C12H15N3S/c1-9-5-11(4-3-10(9)6-13)16-12-7-14-15(2)8-12/h3-5,7-8H,6,13H2,1-2H3. The molecule has 0 spiro atoms. The average molecular weight is 233 g/mol. The Balaban J connectivity index is 2.19. The van der Waals surface area contributed by atoms with E-state index < -0.39 is 0 Å². The van der Waals surface area contributed by atoms with Crippen LogP contribution in [0.5, 0.6) is 0 Å². The van der Waals surface area contributed by atoms with E-state index in [1.165, 1.54) is 16.0 Å². The quantitative estimate of drug-likeness (QED) is 0.885. The van der Waals surface area contributed by atoms with E-state index >= 15 is 0 Å². The second-order valence-electron chi connectivity index (χ2n) is 3.74. The average Bonchev–Trinajstić information content (AvgIpc) is 2.64. The third kappa shape index (κ3) is 2.46. The van der Waals surface area contributed by atoms with Crippen molar-refractivity contribution in [2.75, 3.05) is 0 Å². The molecule has 16 heavy (non-hydrogen) atoms. The molecule has 0 aliphatic heterocycles. The molecule has 0 saturated carbocycles. The maximum atomic E-state index is 5.64. The van der Waals surface area contributed by atoms with Crippen molar-refractivity contribution in [3.8, 4) is 0 Å². The highest BCUT2D eigenvalue weighted by Gasteiger charge is 2.02. The minimum absolute atomic E-state index is 0.601. The first-order chi connectivity index (χ1) is 7.69. The molecule has 0 amide bonds. The first-order valence-corrected chi connectivity index (χ1v) is 5.97. The van der Waals surface area contributed by atoms with Crippen molar-refractivity contribution >= 4 is 11.8 Å². The van der Waals surface area contributed by atoms with E-state index in [2.05, 4.69) is 30.2 Å². The van der Waals surface area contributed by atoms with Crippen molar-refractivity contribution in [3.05, 3.63) is 41.7 Å². The molecule has 2 rings (SSSR count). The van der Waals surface area contributed by atoms with E-state index in [1.54, 1.807) is 11.8 Å². The number of aryl methyl sites for hydroxylation is 2. The molecule has 1 aromatic carbocycles. The number of aromatic nitrogens is 2. The smallest absolute Gasteiger partial charge is 0.0629 e. The largest absolute Gasteiger partial charge is 0.326 e. The number of nitrogens with two attached hydrogens (primary N) is 1. The SMILES string of the molecule is Cc1cc(Sc2cnn(C)c2)ccc1CN. The lowest BCUT2D eigenvalue weighted by atomic mass is 10.1. The summed E-state index contributed by atoms with van der Waals surface area (Å²) in [6.07, 6.45) is 3.88. The molecule has 2 N–H and O–H groups in total. The fourth-order valence-corrected chi connectivity index (χ4v) is 2.50. The third-order valence-corrected chi connectivity index (χ3v) is 3.39. The zero-order valence-electron chi connectivity index (χ0n) is 9.47. The van der Waals surface area contributed by atoms with Crippen LogP contribution in [0.2, 0.25) is 0 Å². The summed E-state index contributed by atoms with van der Waals surface area (Å²) in [4.78, 5) is 2.38. The van der Waals surface area contributed by atoms with Gasteiger partial charge < -0.3 is 5.73 Å². The van der Waals surface area contributed by atoms with Gasteiger partial charge in [0, 0.05) is 24.7 Å². The molecule has 0 aliphatic carbocycles. The molecule has 3 nitrogen and oxygen atoms in total. The van der Waals surface area contributed by atoms with Gasteiger partial charge in [0.2, 0.25) is 0 Å². The van der Waals surface area contributed by atoms with Crippen LogP contribution in [0.3, 0.4) is 0 Å². The van der Waals surface area contributed by atoms with E-state index in [0.29, 0.717) is 6.54 Å². The molecule has 2 aromatic rings. The molecule has 0 bridgehead atoms. The number of nitrogens with zero attached hydrogens (tertiary/aromatic N) is 2. The van der Waals surface area contributed by atoms with Gasteiger partial charge >= 0.3 is 0 Å². The van der Waals surface area contributed by atoms with E-state index in [1.807, 2.05) is 24.1 Å². The number of hydrogen-bond acceptors (Lipinski definition) is 3. The van der Waals surface area contributed by atoms with Gasteiger partial charge in [-0.1, -0.05) is 17.8 Å². The second kappa shape index (κ2) is 4.72. The van der Waals surface area contributed by atoms with Gasteiger partial charge in [-0.15, -0.1) is 0 Å². The molecule has 0 unspecified atom stereocenters. The summed E-state index contributed by atoms with van der Waals surface area (Å²) >= 11 is 1.72. The van der Waals surface area contributed by atoms with Crippen molar-refractivity contribution in [1.82, 2.24) is 9.78 Å². The lowest BCUT2D eigenvalue weighted by Gasteiger charge is -2.05. The first-order valence-electron chi connectivity index (χ1n) is 5.15. The molecule has 0 fully saturated rings. The molecule has 1 aromatic heterocycles. The molecule has 0 radical (unpaired) electrons. The van der Waals surface area contributed by atoms with Crippen LogP contribution >= 0.6 is 11.8 Å². The molecule has 1 heterocycles. The molecule has 0 atom stereocenters. The fraction of sp³-hybridized carbons (Fsp3) is 0.250. The van der Waals surface area contributed by atoms with Gasteiger partial charge in [-0.3, -0.25) is 4.68 Å². The molecule has 0 saturated heterocycles.